The van der Waals surface area contributed by atoms with Gasteiger partial charge in [0.25, 0.3) is 0 Å². The zero-order chi connectivity index (χ0) is 11.9. The lowest BCUT2D eigenvalue weighted by molar-refractivity contribution is 0.128. The molecule has 0 saturated heterocycles. The lowest BCUT2D eigenvalue weighted by Gasteiger charge is -2.37. The first kappa shape index (κ1) is 12.6. The third-order valence-corrected chi connectivity index (χ3v) is 3.77. The van der Waals surface area contributed by atoms with Crippen LogP contribution >= 0.6 is 0 Å². The van der Waals surface area contributed by atoms with Crippen LogP contribution in [0.3, 0.4) is 0 Å². The van der Waals surface area contributed by atoms with Crippen molar-refractivity contribution in [2.45, 2.75) is 38.1 Å². The SMILES string of the molecule is NCCCN(CCc1ccccc1)C1CCC1. The molecule has 1 aromatic rings. The minimum Gasteiger partial charge on any atom is -0.330 e. The Bertz CT molecular complexity index is 306. The van der Waals surface area contributed by atoms with Gasteiger partial charge in [0.05, 0.1) is 0 Å². The molecule has 0 heterocycles. The van der Waals surface area contributed by atoms with Crippen LogP contribution in [0.15, 0.2) is 30.3 Å². The van der Waals surface area contributed by atoms with Crippen LogP contribution in [-0.2, 0) is 6.42 Å². The average Bonchev–Trinajstić information content (AvgIpc) is 2.31. The van der Waals surface area contributed by atoms with Crippen molar-refractivity contribution in [3.05, 3.63) is 35.9 Å². The van der Waals surface area contributed by atoms with E-state index in [1.54, 1.807) is 0 Å². The highest BCUT2D eigenvalue weighted by atomic mass is 15.2. The summed E-state index contributed by atoms with van der Waals surface area (Å²) in [6.07, 6.45) is 6.49. The van der Waals surface area contributed by atoms with Gasteiger partial charge in [-0.3, -0.25) is 0 Å². The smallest absolute Gasteiger partial charge is 0.00954 e. The number of benzene rings is 1. The van der Waals surface area contributed by atoms with E-state index in [0.29, 0.717) is 0 Å². The Balaban J connectivity index is 1.80. The quantitative estimate of drug-likeness (QED) is 0.782. The third-order valence-electron chi connectivity index (χ3n) is 3.77. The van der Waals surface area contributed by atoms with Crippen LogP contribution in [0.25, 0.3) is 0 Å². The second-order valence-corrected chi connectivity index (χ2v) is 5.00. The van der Waals surface area contributed by atoms with Crippen LogP contribution in [0.2, 0.25) is 0 Å². The van der Waals surface area contributed by atoms with E-state index in [1.807, 2.05) is 0 Å². The molecule has 2 nitrogen and oxygen atoms in total. The van der Waals surface area contributed by atoms with Crippen molar-refractivity contribution in [3.8, 4) is 0 Å². The molecule has 0 aromatic heterocycles. The van der Waals surface area contributed by atoms with Crippen LogP contribution < -0.4 is 5.73 Å². The maximum Gasteiger partial charge on any atom is 0.00954 e. The van der Waals surface area contributed by atoms with E-state index in [0.717, 1.165) is 19.0 Å². The first-order chi connectivity index (χ1) is 8.40. The van der Waals surface area contributed by atoms with E-state index < -0.39 is 0 Å². The van der Waals surface area contributed by atoms with Crippen molar-refractivity contribution >= 4 is 0 Å². The van der Waals surface area contributed by atoms with Crippen LogP contribution in [0, 0.1) is 0 Å². The summed E-state index contributed by atoms with van der Waals surface area (Å²) in [5.41, 5.74) is 7.07. The van der Waals surface area contributed by atoms with Gasteiger partial charge in [-0.05, 0) is 44.3 Å². The van der Waals surface area contributed by atoms with Gasteiger partial charge in [0, 0.05) is 12.6 Å². The maximum atomic E-state index is 5.62. The zero-order valence-corrected chi connectivity index (χ0v) is 10.6. The Hall–Kier alpha value is -0.860. The minimum absolute atomic E-state index is 0.814. The second kappa shape index (κ2) is 6.77. The predicted octanol–water partition coefficient (Wildman–Crippen LogP) is 2.43. The number of rotatable bonds is 7. The number of nitrogens with zero attached hydrogens (tertiary/aromatic N) is 1. The summed E-state index contributed by atoms with van der Waals surface area (Å²) in [4.78, 5) is 2.64. The fourth-order valence-corrected chi connectivity index (χ4v) is 2.44. The third kappa shape index (κ3) is 3.83. The molecular weight excluding hydrogens is 208 g/mol. The summed E-state index contributed by atoms with van der Waals surface area (Å²) >= 11 is 0. The van der Waals surface area contributed by atoms with E-state index in [9.17, 15) is 0 Å². The molecule has 1 aliphatic carbocycles. The molecule has 1 aliphatic rings. The van der Waals surface area contributed by atoms with Crippen molar-refractivity contribution in [2.24, 2.45) is 5.73 Å². The number of nitrogens with two attached hydrogens (primary N) is 1. The number of hydrogen-bond donors (Lipinski definition) is 1. The molecule has 2 rings (SSSR count). The van der Waals surface area contributed by atoms with Crippen LogP contribution in [0.1, 0.15) is 31.2 Å². The normalized spacial score (nSPS) is 16.1. The van der Waals surface area contributed by atoms with E-state index >= 15 is 0 Å². The Labute approximate surface area is 105 Å². The highest BCUT2D eigenvalue weighted by Crippen LogP contribution is 2.25. The van der Waals surface area contributed by atoms with Crippen molar-refractivity contribution in [2.75, 3.05) is 19.6 Å². The fourth-order valence-electron chi connectivity index (χ4n) is 2.44. The van der Waals surface area contributed by atoms with Crippen LogP contribution in [-0.4, -0.2) is 30.6 Å². The molecule has 17 heavy (non-hydrogen) atoms. The monoisotopic (exact) mass is 232 g/mol. The van der Waals surface area contributed by atoms with Gasteiger partial charge in [-0.25, -0.2) is 0 Å². The minimum atomic E-state index is 0.814. The lowest BCUT2D eigenvalue weighted by Crippen LogP contribution is -2.42. The molecule has 0 unspecified atom stereocenters. The molecule has 0 radical (unpaired) electrons. The van der Waals surface area contributed by atoms with Gasteiger partial charge < -0.3 is 10.6 Å². The average molecular weight is 232 g/mol. The first-order valence-corrected chi connectivity index (χ1v) is 6.88. The molecule has 2 heteroatoms. The highest BCUT2D eigenvalue weighted by Gasteiger charge is 2.23. The molecule has 1 saturated carbocycles. The van der Waals surface area contributed by atoms with Gasteiger partial charge in [-0.1, -0.05) is 36.8 Å². The lowest BCUT2D eigenvalue weighted by atomic mass is 9.91. The molecule has 2 N–H and O–H groups in total. The Morgan fingerprint density at radius 2 is 1.88 bits per heavy atom. The van der Waals surface area contributed by atoms with E-state index in [1.165, 1.54) is 44.3 Å². The molecule has 0 amide bonds. The Morgan fingerprint density at radius 3 is 2.47 bits per heavy atom. The highest BCUT2D eigenvalue weighted by molar-refractivity contribution is 5.14. The van der Waals surface area contributed by atoms with Gasteiger partial charge in [0.2, 0.25) is 0 Å². The molecular formula is C15H24N2. The molecule has 1 aromatic carbocycles. The van der Waals surface area contributed by atoms with Crippen LogP contribution in [0.5, 0.6) is 0 Å². The number of hydrogen-bond acceptors (Lipinski definition) is 2. The van der Waals surface area contributed by atoms with Gasteiger partial charge >= 0.3 is 0 Å². The summed E-state index contributed by atoms with van der Waals surface area (Å²) in [5, 5.41) is 0. The van der Waals surface area contributed by atoms with Gasteiger partial charge in [-0.15, -0.1) is 0 Å². The van der Waals surface area contributed by atoms with Gasteiger partial charge in [-0.2, -0.15) is 0 Å². The molecule has 0 bridgehead atoms. The molecule has 1 fully saturated rings. The van der Waals surface area contributed by atoms with E-state index in [2.05, 4.69) is 35.2 Å². The fraction of sp³-hybridized carbons (Fsp3) is 0.600. The summed E-state index contributed by atoms with van der Waals surface area (Å²) in [6.45, 7) is 3.18. The largest absolute Gasteiger partial charge is 0.330 e. The molecule has 94 valence electrons. The van der Waals surface area contributed by atoms with Gasteiger partial charge in [0.15, 0.2) is 0 Å². The maximum absolute atomic E-state index is 5.62. The van der Waals surface area contributed by atoms with Gasteiger partial charge in [0.1, 0.15) is 0 Å². The Morgan fingerprint density at radius 1 is 1.12 bits per heavy atom. The zero-order valence-electron chi connectivity index (χ0n) is 10.6. The summed E-state index contributed by atoms with van der Waals surface area (Å²) < 4.78 is 0. The van der Waals surface area contributed by atoms with E-state index in [-0.39, 0.29) is 0 Å². The summed E-state index contributed by atoms with van der Waals surface area (Å²) in [6, 6.07) is 11.6. The van der Waals surface area contributed by atoms with Crippen molar-refractivity contribution in [1.29, 1.82) is 0 Å². The standard InChI is InChI=1S/C15H24N2/c16-11-5-12-17(15-8-4-9-15)13-10-14-6-2-1-3-7-14/h1-3,6-7,15H,4-5,8-13,16H2. The summed E-state index contributed by atoms with van der Waals surface area (Å²) in [5.74, 6) is 0. The van der Waals surface area contributed by atoms with Crippen molar-refractivity contribution in [3.63, 3.8) is 0 Å². The molecule has 0 atom stereocenters. The summed E-state index contributed by atoms with van der Waals surface area (Å²) in [7, 11) is 0. The van der Waals surface area contributed by atoms with Crippen LogP contribution in [0.4, 0.5) is 0 Å². The van der Waals surface area contributed by atoms with Crippen molar-refractivity contribution in [1.82, 2.24) is 4.90 Å². The topological polar surface area (TPSA) is 29.3 Å². The van der Waals surface area contributed by atoms with Crippen molar-refractivity contribution < 1.29 is 0 Å². The Kier molecular flexibility index (Phi) is 5.02. The second-order valence-electron chi connectivity index (χ2n) is 5.00. The first-order valence-electron chi connectivity index (χ1n) is 6.88. The van der Waals surface area contributed by atoms with E-state index in [4.69, 9.17) is 5.73 Å². The molecule has 0 spiro atoms. The molecule has 0 aliphatic heterocycles. The predicted molar refractivity (Wildman–Crippen MR) is 73.0 cm³/mol.